The molecule has 0 aromatic heterocycles. The summed E-state index contributed by atoms with van der Waals surface area (Å²) in [4.78, 5) is 2.49. The van der Waals surface area contributed by atoms with Crippen molar-refractivity contribution in [2.75, 3.05) is 18.0 Å². The normalized spacial score (nSPS) is 14.2. The first-order chi connectivity index (χ1) is 8.97. The molecule has 0 bridgehead atoms. The molecule has 2 atom stereocenters. The molecule has 2 nitrogen and oxygen atoms in total. The van der Waals surface area contributed by atoms with Crippen LogP contribution in [0.3, 0.4) is 0 Å². The maximum atomic E-state index is 5.99. The number of nitrogens with zero attached hydrogens (tertiary/aromatic N) is 1. The zero-order chi connectivity index (χ0) is 14.4. The van der Waals surface area contributed by atoms with Crippen LogP contribution in [0, 0.1) is 12.8 Å². The molecular weight excluding hydrogens is 232 g/mol. The van der Waals surface area contributed by atoms with Gasteiger partial charge in [-0.2, -0.15) is 0 Å². The van der Waals surface area contributed by atoms with Crippen molar-refractivity contribution in [2.45, 2.75) is 53.5 Å². The van der Waals surface area contributed by atoms with Gasteiger partial charge >= 0.3 is 0 Å². The van der Waals surface area contributed by atoms with Crippen molar-refractivity contribution in [1.29, 1.82) is 0 Å². The van der Waals surface area contributed by atoms with Crippen LogP contribution >= 0.6 is 0 Å². The van der Waals surface area contributed by atoms with Gasteiger partial charge in [0, 0.05) is 24.8 Å². The lowest BCUT2D eigenvalue weighted by molar-refractivity contribution is 0.546. The fourth-order valence-electron chi connectivity index (χ4n) is 2.44. The van der Waals surface area contributed by atoms with Crippen LogP contribution in [0.1, 0.15) is 45.2 Å². The fourth-order valence-corrected chi connectivity index (χ4v) is 2.44. The van der Waals surface area contributed by atoms with Gasteiger partial charge in [0.2, 0.25) is 0 Å². The molecule has 0 saturated heterocycles. The van der Waals surface area contributed by atoms with Crippen LogP contribution in [0.15, 0.2) is 18.2 Å². The molecule has 108 valence electrons. The van der Waals surface area contributed by atoms with E-state index >= 15 is 0 Å². The van der Waals surface area contributed by atoms with E-state index in [-0.39, 0.29) is 6.04 Å². The van der Waals surface area contributed by atoms with Crippen molar-refractivity contribution in [1.82, 2.24) is 0 Å². The van der Waals surface area contributed by atoms with Gasteiger partial charge in [-0.1, -0.05) is 38.0 Å². The first-order valence-electron chi connectivity index (χ1n) is 7.57. The topological polar surface area (TPSA) is 29.3 Å². The second-order valence-electron chi connectivity index (χ2n) is 5.87. The molecule has 0 radical (unpaired) electrons. The van der Waals surface area contributed by atoms with E-state index in [4.69, 9.17) is 5.73 Å². The van der Waals surface area contributed by atoms with Crippen LogP contribution < -0.4 is 10.6 Å². The molecule has 0 saturated carbocycles. The first-order valence-corrected chi connectivity index (χ1v) is 7.57. The molecule has 0 aliphatic rings. The van der Waals surface area contributed by atoms with Crippen LogP contribution in [-0.4, -0.2) is 19.1 Å². The summed E-state index contributed by atoms with van der Waals surface area (Å²) in [6.45, 7) is 13.2. The van der Waals surface area contributed by atoms with E-state index in [9.17, 15) is 0 Å². The SMILES string of the molecule is CCC(C)CN(CC)c1ccc(C)cc1CC(C)N. The van der Waals surface area contributed by atoms with Crippen LogP contribution in [0.2, 0.25) is 0 Å². The van der Waals surface area contributed by atoms with Crippen molar-refractivity contribution in [3.05, 3.63) is 29.3 Å². The second-order valence-corrected chi connectivity index (χ2v) is 5.87. The third-order valence-corrected chi connectivity index (χ3v) is 3.73. The largest absolute Gasteiger partial charge is 0.371 e. The molecule has 1 aromatic rings. The van der Waals surface area contributed by atoms with Gasteiger partial charge in [-0.15, -0.1) is 0 Å². The van der Waals surface area contributed by atoms with Gasteiger partial charge in [-0.25, -0.2) is 0 Å². The lowest BCUT2D eigenvalue weighted by atomic mass is 10.0. The van der Waals surface area contributed by atoms with Crippen molar-refractivity contribution in [3.8, 4) is 0 Å². The van der Waals surface area contributed by atoms with Gasteiger partial charge in [0.15, 0.2) is 0 Å². The highest BCUT2D eigenvalue weighted by atomic mass is 15.1. The predicted molar refractivity (Wildman–Crippen MR) is 85.9 cm³/mol. The van der Waals surface area contributed by atoms with Gasteiger partial charge in [-0.05, 0) is 44.7 Å². The second kappa shape index (κ2) is 7.54. The van der Waals surface area contributed by atoms with Gasteiger partial charge in [-0.3, -0.25) is 0 Å². The summed E-state index contributed by atoms with van der Waals surface area (Å²) >= 11 is 0. The Morgan fingerprint density at radius 1 is 1.21 bits per heavy atom. The van der Waals surface area contributed by atoms with Crippen molar-refractivity contribution in [2.24, 2.45) is 11.7 Å². The van der Waals surface area contributed by atoms with E-state index in [0.29, 0.717) is 0 Å². The number of hydrogen-bond acceptors (Lipinski definition) is 2. The number of aryl methyl sites for hydroxylation is 1. The molecule has 2 heteroatoms. The number of rotatable bonds is 7. The predicted octanol–water partition coefficient (Wildman–Crippen LogP) is 3.76. The van der Waals surface area contributed by atoms with E-state index in [1.807, 2.05) is 0 Å². The average molecular weight is 262 g/mol. The Morgan fingerprint density at radius 2 is 1.89 bits per heavy atom. The van der Waals surface area contributed by atoms with Crippen LogP contribution in [0.4, 0.5) is 5.69 Å². The van der Waals surface area contributed by atoms with E-state index in [1.54, 1.807) is 0 Å². The number of benzene rings is 1. The summed E-state index contributed by atoms with van der Waals surface area (Å²) in [5.41, 5.74) is 10.1. The van der Waals surface area contributed by atoms with Crippen molar-refractivity contribution in [3.63, 3.8) is 0 Å². The van der Waals surface area contributed by atoms with E-state index < -0.39 is 0 Å². The third kappa shape index (κ3) is 4.87. The molecule has 1 rings (SSSR count). The molecule has 0 aliphatic carbocycles. The number of anilines is 1. The summed E-state index contributed by atoms with van der Waals surface area (Å²) in [5, 5.41) is 0. The maximum Gasteiger partial charge on any atom is 0.0399 e. The Bertz CT molecular complexity index is 385. The third-order valence-electron chi connectivity index (χ3n) is 3.73. The average Bonchev–Trinajstić information content (AvgIpc) is 2.35. The number of nitrogens with two attached hydrogens (primary N) is 1. The Hall–Kier alpha value is -1.02. The smallest absolute Gasteiger partial charge is 0.0399 e. The number of hydrogen-bond donors (Lipinski definition) is 1. The molecule has 1 aromatic carbocycles. The molecule has 0 spiro atoms. The van der Waals surface area contributed by atoms with E-state index in [1.165, 1.54) is 23.2 Å². The minimum absolute atomic E-state index is 0.211. The molecule has 0 heterocycles. The highest BCUT2D eigenvalue weighted by Crippen LogP contribution is 2.24. The Morgan fingerprint density at radius 3 is 2.42 bits per heavy atom. The molecule has 19 heavy (non-hydrogen) atoms. The highest BCUT2D eigenvalue weighted by Gasteiger charge is 2.13. The minimum atomic E-state index is 0.211. The van der Waals surface area contributed by atoms with Crippen LogP contribution in [-0.2, 0) is 6.42 Å². The lowest BCUT2D eigenvalue weighted by Gasteiger charge is -2.29. The summed E-state index contributed by atoms with van der Waals surface area (Å²) in [7, 11) is 0. The molecule has 2 N–H and O–H groups in total. The monoisotopic (exact) mass is 262 g/mol. The fraction of sp³-hybridized carbons (Fsp3) is 0.647. The van der Waals surface area contributed by atoms with Crippen LogP contribution in [0.25, 0.3) is 0 Å². The van der Waals surface area contributed by atoms with E-state index in [0.717, 1.165) is 25.4 Å². The zero-order valence-corrected chi connectivity index (χ0v) is 13.2. The molecule has 2 unspecified atom stereocenters. The highest BCUT2D eigenvalue weighted by molar-refractivity contribution is 5.55. The van der Waals surface area contributed by atoms with Crippen molar-refractivity contribution < 1.29 is 0 Å². The lowest BCUT2D eigenvalue weighted by Crippen LogP contribution is -2.30. The molecule has 0 amide bonds. The summed E-state index contributed by atoms with van der Waals surface area (Å²) in [6, 6.07) is 6.97. The summed E-state index contributed by atoms with van der Waals surface area (Å²) < 4.78 is 0. The Kier molecular flexibility index (Phi) is 6.36. The summed E-state index contributed by atoms with van der Waals surface area (Å²) in [6.07, 6.45) is 2.18. The Balaban J connectivity index is 3.01. The Labute approximate surface area is 119 Å². The van der Waals surface area contributed by atoms with E-state index in [2.05, 4.69) is 57.7 Å². The zero-order valence-electron chi connectivity index (χ0n) is 13.2. The summed E-state index contributed by atoms with van der Waals surface area (Å²) in [5.74, 6) is 0.726. The van der Waals surface area contributed by atoms with Crippen molar-refractivity contribution >= 4 is 5.69 Å². The van der Waals surface area contributed by atoms with Gasteiger partial charge in [0.25, 0.3) is 0 Å². The van der Waals surface area contributed by atoms with Gasteiger partial charge < -0.3 is 10.6 Å². The van der Waals surface area contributed by atoms with Gasteiger partial charge in [0.1, 0.15) is 0 Å². The molecule has 0 aliphatic heterocycles. The van der Waals surface area contributed by atoms with Gasteiger partial charge in [0.05, 0.1) is 0 Å². The quantitative estimate of drug-likeness (QED) is 0.810. The first kappa shape index (κ1) is 16.0. The maximum absolute atomic E-state index is 5.99. The minimum Gasteiger partial charge on any atom is -0.371 e. The molecule has 0 fully saturated rings. The van der Waals surface area contributed by atoms with Crippen LogP contribution in [0.5, 0.6) is 0 Å². The molecular formula is C17H30N2. The standard InChI is InChI=1S/C17H30N2/c1-6-13(3)12-19(7-2)17-9-8-14(4)10-16(17)11-15(5)18/h8-10,13,15H,6-7,11-12,18H2,1-5H3.